The summed E-state index contributed by atoms with van der Waals surface area (Å²) >= 11 is 19.3. The molecular weight excluding hydrogens is 353 g/mol. The number of rotatable bonds is 1. The molecule has 1 atom stereocenters. The molecule has 21 heavy (non-hydrogen) atoms. The Morgan fingerprint density at radius 3 is 2.57 bits per heavy atom. The van der Waals surface area contributed by atoms with E-state index in [9.17, 15) is 4.79 Å². The van der Waals surface area contributed by atoms with Crippen LogP contribution in [-0.4, -0.2) is 5.78 Å². The van der Waals surface area contributed by atoms with Crippen LogP contribution in [-0.2, 0) is 6.42 Å². The monoisotopic (exact) mass is 361 g/mol. The smallest absolute Gasteiger partial charge is 0.279 e. The molecule has 0 bridgehead atoms. The van der Waals surface area contributed by atoms with Crippen molar-refractivity contribution in [2.24, 2.45) is 10.9 Å². The van der Waals surface area contributed by atoms with Crippen molar-refractivity contribution in [2.45, 2.75) is 19.8 Å². The molecule has 0 radical (unpaired) electrons. The number of carbonyl (C=O) groups excluding carboxylic acids is 1. The highest BCUT2D eigenvalue weighted by Gasteiger charge is 2.26. The van der Waals surface area contributed by atoms with E-state index in [1.807, 2.05) is 6.92 Å². The Morgan fingerprint density at radius 1 is 1.24 bits per heavy atom. The second-order valence-corrected chi connectivity index (χ2v) is 7.20. The Kier molecular flexibility index (Phi) is 4.14. The predicted molar refractivity (Wildman–Crippen MR) is 85.1 cm³/mol. The van der Waals surface area contributed by atoms with Crippen LogP contribution in [0.5, 0.6) is 0 Å². The van der Waals surface area contributed by atoms with Gasteiger partial charge in [0, 0.05) is 17.9 Å². The molecule has 0 spiro atoms. The Labute approximate surface area is 140 Å². The molecule has 2 aromatic rings. The SMILES string of the molecule is CC1CC(=O)c2sc(=Nc3c(Cl)cc(Cl)cc3Cl)oc2C1. The molecule has 0 saturated heterocycles. The van der Waals surface area contributed by atoms with Gasteiger partial charge in [0.05, 0.1) is 10.0 Å². The molecule has 0 aliphatic heterocycles. The summed E-state index contributed by atoms with van der Waals surface area (Å²) in [6.45, 7) is 2.03. The van der Waals surface area contributed by atoms with Gasteiger partial charge in [0.25, 0.3) is 4.87 Å². The van der Waals surface area contributed by atoms with Gasteiger partial charge in [0.15, 0.2) is 5.78 Å². The molecule has 7 heteroatoms. The molecule has 1 aliphatic rings. The van der Waals surface area contributed by atoms with Crippen molar-refractivity contribution in [3.05, 3.63) is 42.7 Å². The first-order chi connectivity index (χ1) is 9.94. The molecule has 1 heterocycles. The van der Waals surface area contributed by atoms with Gasteiger partial charge in [-0.2, -0.15) is 0 Å². The maximum Gasteiger partial charge on any atom is 0.279 e. The van der Waals surface area contributed by atoms with Crippen LogP contribution in [0.3, 0.4) is 0 Å². The van der Waals surface area contributed by atoms with Crippen LogP contribution >= 0.6 is 46.1 Å². The topological polar surface area (TPSA) is 42.6 Å². The zero-order valence-electron chi connectivity index (χ0n) is 11.0. The molecule has 0 amide bonds. The van der Waals surface area contributed by atoms with Gasteiger partial charge in [-0.15, -0.1) is 0 Å². The standard InChI is InChI=1S/C14H10Cl3NO2S/c1-6-2-10(19)13-11(3-6)20-14(21-13)18-12-8(16)4-7(15)5-9(12)17/h4-6H,2-3H2,1H3. The first-order valence-electron chi connectivity index (χ1n) is 6.29. The van der Waals surface area contributed by atoms with Crippen molar-refractivity contribution in [2.75, 3.05) is 0 Å². The fourth-order valence-corrected chi connectivity index (χ4v) is 4.03. The Morgan fingerprint density at radius 2 is 1.90 bits per heavy atom. The predicted octanol–water partition coefficient (Wildman–Crippen LogP) is 5.30. The number of hydrogen-bond donors (Lipinski definition) is 0. The minimum absolute atomic E-state index is 0.104. The minimum atomic E-state index is 0.104. The van der Waals surface area contributed by atoms with Crippen molar-refractivity contribution >= 4 is 57.6 Å². The summed E-state index contributed by atoms with van der Waals surface area (Å²) in [6.07, 6.45) is 1.29. The summed E-state index contributed by atoms with van der Waals surface area (Å²) in [5, 5.41) is 1.12. The number of Topliss-reactive ketones (excluding diaryl/α,β-unsaturated/α-hetero) is 1. The fraction of sp³-hybridized carbons (Fsp3) is 0.286. The van der Waals surface area contributed by atoms with E-state index in [1.165, 1.54) is 11.3 Å². The van der Waals surface area contributed by atoms with Crippen LogP contribution in [0.1, 0.15) is 28.8 Å². The van der Waals surface area contributed by atoms with E-state index in [2.05, 4.69) is 4.99 Å². The largest absolute Gasteiger partial charge is 0.434 e. The van der Waals surface area contributed by atoms with Crippen molar-refractivity contribution < 1.29 is 9.21 Å². The molecule has 1 unspecified atom stereocenters. The maximum absolute atomic E-state index is 12.0. The molecule has 1 aromatic heterocycles. The van der Waals surface area contributed by atoms with Crippen LogP contribution < -0.4 is 4.87 Å². The third-order valence-corrected chi connectivity index (χ3v) is 4.96. The van der Waals surface area contributed by atoms with Crippen LogP contribution in [0.25, 0.3) is 0 Å². The number of nitrogens with zero attached hydrogens (tertiary/aromatic N) is 1. The lowest BCUT2D eigenvalue weighted by atomic mass is 9.92. The summed E-state index contributed by atoms with van der Waals surface area (Å²) in [6, 6.07) is 3.13. The summed E-state index contributed by atoms with van der Waals surface area (Å²) in [5.41, 5.74) is 0.394. The lowest BCUT2D eigenvalue weighted by molar-refractivity contribution is 0.0952. The highest BCUT2D eigenvalue weighted by atomic mass is 35.5. The Hall–Kier alpha value is -0.810. The number of halogens is 3. The molecular formula is C14H10Cl3NO2S. The molecule has 0 N–H and O–H groups in total. The maximum atomic E-state index is 12.0. The highest BCUT2D eigenvalue weighted by Crippen LogP contribution is 2.36. The van der Waals surface area contributed by atoms with E-state index >= 15 is 0 Å². The molecule has 1 aliphatic carbocycles. The molecule has 1 aromatic carbocycles. The first kappa shape index (κ1) is 15.1. The summed E-state index contributed by atoms with van der Waals surface area (Å²) in [5.74, 6) is 1.09. The van der Waals surface area contributed by atoms with Gasteiger partial charge < -0.3 is 4.42 Å². The minimum Gasteiger partial charge on any atom is -0.434 e. The van der Waals surface area contributed by atoms with Gasteiger partial charge in [-0.05, 0) is 18.1 Å². The van der Waals surface area contributed by atoms with Crippen LogP contribution in [0.15, 0.2) is 21.5 Å². The van der Waals surface area contributed by atoms with Gasteiger partial charge in [-0.3, -0.25) is 4.79 Å². The summed E-state index contributed by atoms with van der Waals surface area (Å²) in [4.78, 5) is 17.3. The number of carbonyl (C=O) groups is 1. The molecule has 110 valence electrons. The second kappa shape index (κ2) is 5.76. The van der Waals surface area contributed by atoms with Gasteiger partial charge in [0.1, 0.15) is 16.3 Å². The lowest BCUT2D eigenvalue weighted by Gasteiger charge is -2.13. The average Bonchev–Trinajstić information content (AvgIpc) is 2.76. The molecule has 0 saturated carbocycles. The number of ketones is 1. The Balaban J connectivity index is 2.10. The van der Waals surface area contributed by atoms with E-state index in [0.717, 1.165) is 6.42 Å². The van der Waals surface area contributed by atoms with Gasteiger partial charge in [-0.25, -0.2) is 4.99 Å². The van der Waals surface area contributed by atoms with E-state index in [-0.39, 0.29) is 5.78 Å². The summed E-state index contributed by atoms with van der Waals surface area (Å²) in [7, 11) is 0. The lowest BCUT2D eigenvalue weighted by Crippen LogP contribution is -2.15. The van der Waals surface area contributed by atoms with E-state index in [0.29, 0.717) is 48.6 Å². The van der Waals surface area contributed by atoms with Gasteiger partial charge in [0.2, 0.25) is 0 Å². The van der Waals surface area contributed by atoms with E-state index in [4.69, 9.17) is 39.2 Å². The van der Waals surface area contributed by atoms with E-state index in [1.54, 1.807) is 12.1 Å². The summed E-state index contributed by atoms with van der Waals surface area (Å²) < 4.78 is 5.67. The molecule has 3 nitrogen and oxygen atoms in total. The fourth-order valence-electron chi connectivity index (χ4n) is 2.24. The number of hydrogen-bond acceptors (Lipinski definition) is 4. The number of benzene rings is 1. The number of fused-ring (bicyclic) bond motifs is 1. The third kappa shape index (κ3) is 3.04. The second-order valence-electron chi connectivity index (χ2n) is 4.99. The van der Waals surface area contributed by atoms with Gasteiger partial charge in [-0.1, -0.05) is 53.1 Å². The van der Waals surface area contributed by atoms with Crippen molar-refractivity contribution in [3.8, 4) is 0 Å². The van der Waals surface area contributed by atoms with Gasteiger partial charge >= 0.3 is 0 Å². The van der Waals surface area contributed by atoms with E-state index < -0.39 is 0 Å². The first-order valence-corrected chi connectivity index (χ1v) is 8.24. The highest BCUT2D eigenvalue weighted by molar-refractivity contribution is 7.11. The van der Waals surface area contributed by atoms with Crippen LogP contribution in [0, 0.1) is 5.92 Å². The third-order valence-electron chi connectivity index (χ3n) is 3.16. The van der Waals surface area contributed by atoms with Crippen molar-refractivity contribution in [1.82, 2.24) is 0 Å². The van der Waals surface area contributed by atoms with Crippen LogP contribution in [0.4, 0.5) is 5.69 Å². The zero-order valence-corrected chi connectivity index (χ0v) is 14.0. The van der Waals surface area contributed by atoms with Crippen LogP contribution in [0.2, 0.25) is 15.1 Å². The molecule has 0 fully saturated rings. The zero-order chi connectivity index (χ0) is 15.1. The van der Waals surface area contributed by atoms with Crippen molar-refractivity contribution in [1.29, 1.82) is 0 Å². The molecule has 3 rings (SSSR count). The normalized spacial score (nSPS) is 19.0. The van der Waals surface area contributed by atoms with Crippen molar-refractivity contribution in [3.63, 3.8) is 0 Å². The average molecular weight is 363 g/mol. The Bertz CT molecular complexity index is 771. The quantitative estimate of drug-likeness (QED) is 0.691.